The molecule has 2 fully saturated rings. The molecule has 6 nitrogen and oxygen atoms in total. The number of carbonyl (C=O) groups is 1. The zero-order valence-electron chi connectivity index (χ0n) is 16.8. The number of amides is 1. The Morgan fingerprint density at radius 1 is 1.25 bits per heavy atom. The van der Waals surface area contributed by atoms with E-state index in [0.29, 0.717) is 29.6 Å². The van der Waals surface area contributed by atoms with Crippen LogP contribution < -0.4 is 4.90 Å². The Bertz CT molecular complexity index is 1450. The summed E-state index contributed by atoms with van der Waals surface area (Å²) in [6.07, 6.45) is 7.24. The van der Waals surface area contributed by atoms with E-state index in [2.05, 4.69) is 20.2 Å². The number of likely N-dealkylation sites (tertiary alicyclic amines) is 1. The van der Waals surface area contributed by atoms with Gasteiger partial charge in [-0.25, -0.2) is 9.18 Å². The summed E-state index contributed by atoms with van der Waals surface area (Å²) in [5, 5.41) is 12.6. The molecule has 0 spiro atoms. The summed E-state index contributed by atoms with van der Waals surface area (Å²) in [4.78, 5) is 19.5. The summed E-state index contributed by atoms with van der Waals surface area (Å²) >= 11 is 1.23. The average molecular weight is 444 g/mol. The van der Waals surface area contributed by atoms with Crippen LogP contribution in [-0.2, 0) is 0 Å². The summed E-state index contributed by atoms with van der Waals surface area (Å²) in [5.74, 6) is 2.22. The molecule has 4 aromatic rings. The van der Waals surface area contributed by atoms with Gasteiger partial charge in [-0.05, 0) is 29.4 Å². The summed E-state index contributed by atoms with van der Waals surface area (Å²) in [7, 11) is 0. The number of terminal acetylenes is 1. The molecule has 6 rings (SSSR count). The fourth-order valence-corrected chi connectivity index (χ4v) is 5.92. The van der Waals surface area contributed by atoms with Crippen LogP contribution in [-0.4, -0.2) is 50.6 Å². The molecule has 1 amide bonds. The standard InChI is InChI=1S/C24H17FN4O2S/c1-2-13-5-3-6-14-7-4-8-15(19(13)14)21-20(25)22-16(11-26-21)23(32-27-22)29-12-18-17(29)9-10-28(18)24(30)31/h1,3-8,11,17-18H,9-10,12H2,(H,30,31)/t17-,18-/m1/s1. The molecule has 0 unspecified atom stereocenters. The Balaban J connectivity index is 1.43. The Hall–Kier alpha value is -3.70. The monoisotopic (exact) mass is 444 g/mol. The zero-order valence-corrected chi connectivity index (χ0v) is 17.6. The maximum absolute atomic E-state index is 15.7. The SMILES string of the molecule is C#Cc1cccc2cccc(-c3ncc4c(N5C[C@@H]6[C@H]5CCN6C(=O)O)snc4c3F)c12. The largest absolute Gasteiger partial charge is 0.465 e. The van der Waals surface area contributed by atoms with Gasteiger partial charge in [0.05, 0.1) is 17.5 Å². The lowest BCUT2D eigenvalue weighted by Gasteiger charge is -2.46. The van der Waals surface area contributed by atoms with Gasteiger partial charge in [0.1, 0.15) is 16.2 Å². The number of rotatable bonds is 2. The van der Waals surface area contributed by atoms with Crippen molar-refractivity contribution in [3.63, 3.8) is 0 Å². The van der Waals surface area contributed by atoms with E-state index in [1.807, 2.05) is 36.4 Å². The highest BCUT2D eigenvalue weighted by atomic mass is 32.1. The number of nitrogens with zero attached hydrogens (tertiary/aromatic N) is 4. The van der Waals surface area contributed by atoms with E-state index in [0.717, 1.165) is 22.2 Å². The molecule has 2 atom stereocenters. The number of pyridine rings is 1. The van der Waals surface area contributed by atoms with Crippen molar-refractivity contribution in [1.82, 2.24) is 14.3 Å². The van der Waals surface area contributed by atoms with Crippen LogP contribution in [0, 0.1) is 18.2 Å². The first-order chi connectivity index (χ1) is 15.6. The Morgan fingerprint density at radius 3 is 2.84 bits per heavy atom. The minimum Gasteiger partial charge on any atom is -0.465 e. The second-order valence-corrected chi connectivity index (χ2v) is 8.83. The molecule has 2 aromatic carbocycles. The van der Waals surface area contributed by atoms with Crippen LogP contribution in [0.5, 0.6) is 0 Å². The lowest BCUT2D eigenvalue weighted by atomic mass is 9.96. The topological polar surface area (TPSA) is 69.6 Å². The zero-order chi connectivity index (χ0) is 22.0. The van der Waals surface area contributed by atoms with Crippen LogP contribution >= 0.6 is 11.5 Å². The molecular weight excluding hydrogens is 427 g/mol. The summed E-state index contributed by atoms with van der Waals surface area (Å²) < 4.78 is 20.1. The normalized spacial score (nSPS) is 19.8. The van der Waals surface area contributed by atoms with Gasteiger partial charge in [-0.2, -0.15) is 4.37 Å². The maximum Gasteiger partial charge on any atom is 0.407 e. The quantitative estimate of drug-likeness (QED) is 0.459. The van der Waals surface area contributed by atoms with Crippen LogP contribution in [0.4, 0.5) is 14.2 Å². The molecule has 2 aliphatic rings. The molecule has 0 aliphatic carbocycles. The van der Waals surface area contributed by atoms with Crippen LogP contribution in [0.15, 0.2) is 42.6 Å². The van der Waals surface area contributed by atoms with E-state index in [9.17, 15) is 9.90 Å². The summed E-state index contributed by atoms with van der Waals surface area (Å²) in [6, 6.07) is 11.4. The molecule has 0 saturated carbocycles. The van der Waals surface area contributed by atoms with Crippen LogP contribution in [0.25, 0.3) is 32.9 Å². The smallest absolute Gasteiger partial charge is 0.407 e. The van der Waals surface area contributed by atoms with Gasteiger partial charge >= 0.3 is 6.09 Å². The highest BCUT2D eigenvalue weighted by Gasteiger charge is 2.49. The molecule has 2 saturated heterocycles. The second kappa shape index (κ2) is 6.90. The third-order valence-corrected chi connectivity index (χ3v) is 7.46. The van der Waals surface area contributed by atoms with Crippen LogP contribution in [0.2, 0.25) is 0 Å². The predicted octanol–water partition coefficient (Wildman–Crippen LogP) is 4.57. The average Bonchev–Trinajstić information content (AvgIpc) is 3.35. The molecule has 32 heavy (non-hydrogen) atoms. The van der Waals surface area contributed by atoms with Crippen molar-refractivity contribution in [1.29, 1.82) is 0 Å². The number of halogens is 1. The first kappa shape index (κ1) is 19.0. The molecular formula is C24H17FN4O2S. The predicted molar refractivity (Wildman–Crippen MR) is 123 cm³/mol. The van der Waals surface area contributed by atoms with Gasteiger partial charge in [-0.3, -0.25) is 4.98 Å². The number of fused-ring (bicyclic) bond motifs is 3. The Morgan fingerprint density at radius 2 is 2.06 bits per heavy atom. The van der Waals surface area contributed by atoms with Crippen molar-refractivity contribution in [2.75, 3.05) is 18.0 Å². The van der Waals surface area contributed by atoms with Gasteiger partial charge in [-0.1, -0.05) is 36.3 Å². The van der Waals surface area contributed by atoms with Gasteiger partial charge in [0.15, 0.2) is 5.82 Å². The first-order valence-corrected chi connectivity index (χ1v) is 11.0. The molecule has 1 N–H and O–H groups in total. The lowest BCUT2D eigenvalue weighted by Crippen LogP contribution is -2.62. The third kappa shape index (κ3) is 2.55. The molecule has 2 aliphatic heterocycles. The van der Waals surface area contributed by atoms with E-state index in [1.165, 1.54) is 16.4 Å². The Labute approximate surface area is 187 Å². The summed E-state index contributed by atoms with van der Waals surface area (Å²) in [6.45, 7) is 1.11. The third-order valence-electron chi connectivity index (χ3n) is 6.56. The molecule has 4 heterocycles. The van der Waals surface area contributed by atoms with E-state index >= 15 is 4.39 Å². The molecule has 0 bridgehead atoms. The number of hydrogen-bond acceptors (Lipinski definition) is 5. The van der Waals surface area contributed by atoms with Gasteiger partial charge in [-0.15, -0.1) is 6.42 Å². The van der Waals surface area contributed by atoms with Crippen LogP contribution in [0.1, 0.15) is 12.0 Å². The van der Waals surface area contributed by atoms with Gasteiger partial charge < -0.3 is 14.9 Å². The summed E-state index contributed by atoms with van der Waals surface area (Å²) in [5.41, 5.74) is 1.83. The van der Waals surface area contributed by atoms with E-state index in [1.54, 1.807) is 6.20 Å². The minimum atomic E-state index is -0.884. The highest BCUT2D eigenvalue weighted by Crippen LogP contribution is 2.43. The molecule has 0 radical (unpaired) electrons. The number of aromatic nitrogens is 2. The van der Waals surface area contributed by atoms with Crippen molar-refractivity contribution in [3.8, 4) is 23.6 Å². The van der Waals surface area contributed by atoms with Crippen molar-refractivity contribution in [2.45, 2.75) is 18.5 Å². The number of hydrogen-bond donors (Lipinski definition) is 1. The number of anilines is 1. The second-order valence-electron chi connectivity index (χ2n) is 8.08. The van der Waals surface area contributed by atoms with Gasteiger partial charge in [0, 0.05) is 35.8 Å². The van der Waals surface area contributed by atoms with Crippen molar-refractivity contribution in [3.05, 3.63) is 54.0 Å². The van der Waals surface area contributed by atoms with E-state index < -0.39 is 11.9 Å². The van der Waals surface area contributed by atoms with Crippen molar-refractivity contribution < 1.29 is 14.3 Å². The van der Waals surface area contributed by atoms with Gasteiger partial charge in [0.25, 0.3) is 0 Å². The highest BCUT2D eigenvalue weighted by molar-refractivity contribution is 7.11. The fraction of sp³-hybridized carbons (Fsp3) is 0.208. The maximum atomic E-state index is 15.7. The Kier molecular flexibility index (Phi) is 4.10. The molecule has 2 aromatic heterocycles. The van der Waals surface area contributed by atoms with Crippen molar-refractivity contribution >= 4 is 44.3 Å². The minimum absolute atomic E-state index is 0.0143. The number of carboxylic acid groups (broad SMARTS) is 1. The lowest BCUT2D eigenvalue weighted by molar-refractivity contribution is 0.129. The van der Waals surface area contributed by atoms with Crippen molar-refractivity contribution in [2.24, 2.45) is 0 Å². The molecule has 158 valence electrons. The molecule has 8 heteroatoms. The van der Waals surface area contributed by atoms with Crippen LogP contribution in [0.3, 0.4) is 0 Å². The van der Waals surface area contributed by atoms with E-state index in [4.69, 9.17) is 6.42 Å². The fourth-order valence-electron chi connectivity index (χ4n) is 5.01. The first-order valence-electron chi connectivity index (χ1n) is 10.3. The number of benzene rings is 2. The van der Waals surface area contributed by atoms with Gasteiger partial charge in [0.2, 0.25) is 0 Å². The van der Waals surface area contributed by atoms with E-state index in [-0.39, 0.29) is 23.3 Å².